The van der Waals surface area contributed by atoms with Gasteiger partial charge in [-0.15, -0.1) is 0 Å². The van der Waals surface area contributed by atoms with Gasteiger partial charge in [-0.25, -0.2) is 13.8 Å². The van der Waals surface area contributed by atoms with Gasteiger partial charge in [0.25, 0.3) is 0 Å². The molecule has 0 amide bonds. The molecule has 1 unspecified atom stereocenters. The van der Waals surface area contributed by atoms with Gasteiger partial charge in [0.15, 0.2) is 0 Å². The van der Waals surface area contributed by atoms with E-state index in [4.69, 9.17) is 9.47 Å². The minimum Gasteiger partial charge on any atom is -0.494 e. The van der Waals surface area contributed by atoms with Crippen molar-refractivity contribution < 1.29 is 18.3 Å². The summed E-state index contributed by atoms with van der Waals surface area (Å²) in [6.07, 6.45) is 6.76. The highest BCUT2D eigenvalue weighted by molar-refractivity contribution is 5.95. The molecule has 150 valence electrons. The summed E-state index contributed by atoms with van der Waals surface area (Å²) in [4.78, 5) is 4.31. The summed E-state index contributed by atoms with van der Waals surface area (Å²) >= 11 is 0. The van der Waals surface area contributed by atoms with Crippen molar-refractivity contribution in [1.82, 2.24) is 0 Å². The Bertz CT molecular complexity index is 769. The van der Waals surface area contributed by atoms with E-state index < -0.39 is 11.6 Å². The van der Waals surface area contributed by atoms with Crippen molar-refractivity contribution >= 4 is 5.90 Å². The van der Waals surface area contributed by atoms with Crippen LogP contribution >= 0.6 is 0 Å². The van der Waals surface area contributed by atoms with Crippen LogP contribution in [0.4, 0.5) is 8.78 Å². The molecule has 1 aliphatic rings. The maximum Gasteiger partial charge on any atom is 0.222 e. The topological polar surface area (TPSA) is 30.8 Å². The van der Waals surface area contributed by atoms with E-state index in [1.807, 2.05) is 12.1 Å². The lowest BCUT2D eigenvalue weighted by Crippen LogP contribution is -2.11. The minimum atomic E-state index is -0.662. The summed E-state index contributed by atoms with van der Waals surface area (Å²) in [5.41, 5.74) is 1.13. The molecule has 1 aliphatic heterocycles. The third-order valence-corrected chi connectivity index (χ3v) is 4.85. The zero-order valence-corrected chi connectivity index (χ0v) is 16.3. The first-order valence-electron chi connectivity index (χ1n) is 10.0. The molecule has 0 saturated heterocycles. The maximum atomic E-state index is 13.8. The van der Waals surface area contributed by atoms with E-state index in [9.17, 15) is 8.78 Å². The quantitative estimate of drug-likeness (QED) is 0.490. The maximum absolute atomic E-state index is 13.8. The predicted molar refractivity (Wildman–Crippen MR) is 107 cm³/mol. The highest BCUT2D eigenvalue weighted by Crippen LogP contribution is 2.20. The fourth-order valence-corrected chi connectivity index (χ4v) is 3.22. The van der Waals surface area contributed by atoms with Gasteiger partial charge in [0.2, 0.25) is 5.90 Å². The lowest BCUT2D eigenvalue weighted by atomic mass is 10.1. The second kappa shape index (κ2) is 10.2. The van der Waals surface area contributed by atoms with Crippen LogP contribution < -0.4 is 4.74 Å². The molecular formula is C23H27F2NO2. The van der Waals surface area contributed by atoms with Crippen LogP contribution in [0, 0.1) is 11.6 Å². The first-order chi connectivity index (χ1) is 13.7. The van der Waals surface area contributed by atoms with Gasteiger partial charge in [-0.1, -0.05) is 44.4 Å². The average Bonchev–Trinajstić information content (AvgIpc) is 3.15. The molecule has 28 heavy (non-hydrogen) atoms. The fraction of sp³-hybridized carbons (Fsp3) is 0.435. The molecular weight excluding hydrogens is 360 g/mol. The Morgan fingerprint density at radius 2 is 1.79 bits per heavy atom. The molecule has 1 heterocycles. The minimum absolute atomic E-state index is 0.0352. The van der Waals surface area contributed by atoms with Crippen LogP contribution in [-0.4, -0.2) is 25.2 Å². The van der Waals surface area contributed by atoms with Gasteiger partial charge >= 0.3 is 0 Å². The monoisotopic (exact) mass is 387 g/mol. The van der Waals surface area contributed by atoms with E-state index in [1.165, 1.54) is 49.4 Å². The molecule has 0 fully saturated rings. The summed E-state index contributed by atoms with van der Waals surface area (Å²) in [6.45, 7) is 3.00. The van der Waals surface area contributed by atoms with Crippen LogP contribution in [0.5, 0.6) is 5.75 Å². The summed E-state index contributed by atoms with van der Waals surface area (Å²) in [5.74, 6) is -0.468. The molecule has 2 aromatic carbocycles. The van der Waals surface area contributed by atoms with Crippen LogP contribution in [0.2, 0.25) is 0 Å². The number of halogens is 2. The van der Waals surface area contributed by atoms with Crippen molar-refractivity contribution in [1.29, 1.82) is 0 Å². The zero-order valence-electron chi connectivity index (χ0n) is 16.3. The normalized spacial score (nSPS) is 16.0. The lowest BCUT2D eigenvalue weighted by molar-refractivity contribution is 0.264. The van der Waals surface area contributed by atoms with E-state index >= 15 is 0 Å². The van der Waals surface area contributed by atoms with E-state index in [-0.39, 0.29) is 17.5 Å². The van der Waals surface area contributed by atoms with Crippen LogP contribution in [0.1, 0.15) is 50.2 Å². The van der Waals surface area contributed by atoms with E-state index in [0.717, 1.165) is 12.2 Å². The largest absolute Gasteiger partial charge is 0.494 e. The predicted octanol–water partition coefficient (Wildman–Crippen LogP) is 5.70. The molecule has 0 saturated carbocycles. The highest BCUT2D eigenvalue weighted by Gasteiger charge is 2.24. The van der Waals surface area contributed by atoms with E-state index in [0.29, 0.717) is 19.6 Å². The number of aliphatic imine (C=N–C) groups is 1. The lowest BCUT2D eigenvalue weighted by Gasteiger charge is -2.09. The van der Waals surface area contributed by atoms with Gasteiger partial charge in [0.1, 0.15) is 29.6 Å². The van der Waals surface area contributed by atoms with Crippen LogP contribution in [0.25, 0.3) is 0 Å². The van der Waals surface area contributed by atoms with Crippen molar-refractivity contribution in [3.05, 3.63) is 65.2 Å². The molecule has 0 aromatic heterocycles. The SMILES string of the molecule is CCCCCCc1ccc(OCCC2COC(c3c(F)cccc3F)=N2)cc1. The molecule has 0 spiro atoms. The number of rotatable bonds is 10. The van der Waals surface area contributed by atoms with Gasteiger partial charge in [0.05, 0.1) is 12.6 Å². The average molecular weight is 387 g/mol. The molecule has 3 nitrogen and oxygen atoms in total. The molecule has 1 atom stereocenters. The Labute approximate surface area is 165 Å². The van der Waals surface area contributed by atoms with Gasteiger partial charge in [-0.3, -0.25) is 0 Å². The number of nitrogens with zero attached hydrogens (tertiary/aromatic N) is 1. The second-order valence-electron chi connectivity index (χ2n) is 7.09. The first kappa shape index (κ1) is 20.3. The second-order valence-corrected chi connectivity index (χ2v) is 7.09. The van der Waals surface area contributed by atoms with Crippen molar-refractivity contribution in [3.63, 3.8) is 0 Å². The Hall–Kier alpha value is -2.43. The third kappa shape index (κ3) is 5.54. The molecule has 0 aliphatic carbocycles. The first-order valence-corrected chi connectivity index (χ1v) is 10.0. The summed E-state index contributed by atoms with van der Waals surface area (Å²) in [5, 5.41) is 0. The van der Waals surface area contributed by atoms with Crippen molar-refractivity contribution in [2.45, 2.75) is 51.5 Å². The van der Waals surface area contributed by atoms with Gasteiger partial charge in [-0.2, -0.15) is 0 Å². The molecule has 5 heteroatoms. The number of hydrogen-bond acceptors (Lipinski definition) is 3. The van der Waals surface area contributed by atoms with E-state index in [2.05, 4.69) is 24.0 Å². The van der Waals surface area contributed by atoms with Crippen LogP contribution in [0.15, 0.2) is 47.5 Å². The van der Waals surface area contributed by atoms with Gasteiger partial charge in [-0.05, 0) is 42.7 Å². The van der Waals surface area contributed by atoms with Crippen molar-refractivity contribution in [2.24, 2.45) is 4.99 Å². The summed E-state index contributed by atoms with van der Waals surface area (Å²) < 4.78 is 38.8. The van der Waals surface area contributed by atoms with E-state index in [1.54, 1.807) is 0 Å². The standard InChI is InChI=1S/C23H27F2NO2/c1-2-3-4-5-7-17-10-12-19(13-11-17)27-15-14-18-16-28-23(26-18)22-20(24)8-6-9-21(22)25/h6,8-13,18H,2-5,7,14-16H2,1H3. The number of ether oxygens (including phenoxy) is 2. The molecule has 0 bridgehead atoms. The number of unbranched alkanes of at least 4 members (excludes halogenated alkanes) is 3. The number of aryl methyl sites for hydroxylation is 1. The molecule has 0 radical (unpaired) electrons. The Kier molecular flexibility index (Phi) is 7.40. The molecule has 2 aromatic rings. The smallest absolute Gasteiger partial charge is 0.222 e. The van der Waals surface area contributed by atoms with Crippen molar-refractivity contribution in [3.8, 4) is 5.75 Å². The number of hydrogen-bond donors (Lipinski definition) is 0. The van der Waals surface area contributed by atoms with Crippen LogP contribution in [-0.2, 0) is 11.2 Å². The van der Waals surface area contributed by atoms with Crippen molar-refractivity contribution in [2.75, 3.05) is 13.2 Å². The zero-order chi connectivity index (χ0) is 19.8. The Morgan fingerprint density at radius 1 is 1.04 bits per heavy atom. The highest BCUT2D eigenvalue weighted by atomic mass is 19.1. The Morgan fingerprint density at radius 3 is 2.50 bits per heavy atom. The Balaban J connectivity index is 1.45. The van der Waals surface area contributed by atoms with Gasteiger partial charge < -0.3 is 9.47 Å². The third-order valence-electron chi connectivity index (χ3n) is 4.85. The fourth-order valence-electron chi connectivity index (χ4n) is 3.22. The molecule has 3 rings (SSSR count). The summed E-state index contributed by atoms with van der Waals surface area (Å²) in [6, 6.07) is 11.8. The molecule has 0 N–H and O–H groups in total. The summed E-state index contributed by atoms with van der Waals surface area (Å²) in [7, 11) is 0. The van der Waals surface area contributed by atoms with Crippen LogP contribution in [0.3, 0.4) is 0 Å². The number of benzene rings is 2. The van der Waals surface area contributed by atoms with Gasteiger partial charge in [0, 0.05) is 6.42 Å².